The van der Waals surface area contributed by atoms with Gasteiger partial charge in [0.25, 0.3) is 15.6 Å². The van der Waals surface area contributed by atoms with Gasteiger partial charge < -0.3 is 49.3 Å². The number of phosphoric acid groups is 3. The van der Waals surface area contributed by atoms with E-state index in [2.05, 4.69) is 39.9 Å². The summed E-state index contributed by atoms with van der Waals surface area (Å²) < 4.78 is 51.0. The van der Waals surface area contributed by atoms with Crippen molar-refractivity contribution in [1.82, 2.24) is 19.5 Å². The van der Waals surface area contributed by atoms with Crippen LogP contribution in [-0.2, 0) is 31.6 Å². The van der Waals surface area contributed by atoms with Crippen LogP contribution in [0.2, 0.25) is 0 Å². The molecule has 1 fully saturated rings. The monoisotopic (exact) mass is 603 g/mol. The Bertz CT molecular complexity index is 1570. The maximum atomic E-state index is 11.8. The SMILES string of the molecule is Nc1nc(C#Cc2ccccc2)nc2c1ncn2C1O[C@H](COP(=O)([O-])OP(=O)([O-])OP(=O)([O-])[O-])[C@@H](O)[C@H]1O. The summed E-state index contributed by atoms with van der Waals surface area (Å²) in [6.45, 7) is -1.11. The van der Waals surface area contributed by atoms with E-state index in [1.165, 1.54) is 4.57 Å². The predicted octanol–water partition coefficient (Wildman–Crippen LogP) is -2.76. The van der Waals surface area contributed by atoms with Gasteiger partial charge >= 0.3 is 0 Å². The van der Waals surface area contributed by atoms with Crippen molar-refractivity contribution in [1.29, 1.82) is 0 Å². The predicted molar refractivity (Wildman–Crippen MR) is 119 cm³/mol. The Morgan fingerprint density at radius 2 is 1.69 bits per heavy atom. The van der Waals surface area contributed by atoms with Crippen LogP contribution in [0.25, 0.3) is 11.2 Å². The number of anilines is 1. The maximum Gasteiger partial charge on any atom is 0.278 e. The molecule has 1 aliphatic rings. The molecule has 4 N–H and O–H groups in total. The highest BCUT2D eigenvalue weighted by molar-refractivity contribution is 7.64. The number of hydrogen-bond acceptors (Lipinski definition) is 17. The van der Waals surface area contributed by atoms with Crippen molar-refractivity contribution in [2.45, 2.75) is 24.5 Å². The maximum absolute atomic E-state index is 11.8. The van der Waals surface area contributed by atoms with E-state index in [4.69, 9.17) is 10.5 Å². The zero-order valence-electron chi connectivity index (χ0n) is 19.1. The van der Waals surface area contributed by atoms with E-state index >= 15 is 0 Å². The molecule has 210 valence electrons. The van der Waals surface area contributed by atoms with Crippen LogP contribution < -0.4 is 25.3 Å². The van der Waals surface area contributed by atoms with Gasteiger partial charge in [-0.25, -0.2) is 19.3 Å². The minimum atomic E-state index is -6.18. The van der Waals surface area contributed by atoms with Crippen LogP contribution in [0.15, 0.2) is 36.7 Å². The lowest BCUT2D eigenvalue weighted by Crippen LogP contribution is -2.34. The molecule has 0 spiro atoms. The van der Waals surface area contributed by atoms with Crippen molar-refractivity contribution in [2.75, 3.05) is 12.3 Å². The van der Waals surface area contributed by atoms with Crippen LogP contribution in [0, 0.1) is 11.8 Å². The number of hydrogen-bond donors (Lipinski definition) is 3. The van der Waals surface area contributed by atoms with E-state index in [-0.39, 0.29) is 22.8 Å². The summed E-state index contributed by atoms with van der Waals surface area (Å²) in [4.78, 5) is 56.3. The third kappa shape index (κ3) is 7.34. The molecule has 1 aliphatic heterocycles. The van der Waals surface area contributed by atoms with Crippen molar-refractivity contribution in [2.24, 2.45) is 0 Å². The van der Waals surface area contributed by atoms with Gasteiger partial charge in [-0.05, 0) is 18.1 Å². The van der Waals surface area contributed by atoms with Gasteiger partial charge in [-0.2, -0.15) is 0 Å². The second kappa shape index (κ2) is 11.1. The quantitative estimate of drug-likeness (QED) is 0.173. The molecule has 0 saturated carbocycles. The summed E-state index contributed by atoms with van der Waals surface area (Å²) in [5.41, 5.74) is 6.76. The van der Waals surface area contributed by atoms with Crippen LogP contribution >= 0.6 is 23.5 Å². The van der Waals surface area contributed by atoms with Crippen LogP contribution in [0.5, 0.6) is 0 Å². The molecule has 18 nitrogen and oxygen atoms in total. The molecule has 3 heterocycles. The Morgan fingerprint density at radius 1 is 1.00 bits per heavy atom. The minimum absolute atomic E-state index is 0.00655. The molecule has 1 saturated heterocycles. The second-order valence-corrected chi connectivity index (χ2v) is 12.0. The number of nitrogens with zero attached hydrogens (tertiary/aromatic N) is 4. The number of nitrogen functional groups attached to an aromatic ring is 1. The van der Waals surface area contributed by atoms with E-state index in [1.54, 1.807) is 24.3 Å². The normalized spacial score (nSPS) is 24.6. The van der Waals surface area contributed by atoms with Crippen LogP contribution in [0.3, 0.4) is 0 Å². The van der Waals surface area contributed by atoms with E-state index in [1.807, 2.05) is 6.07 Å². The first-order chi connectivity index (χ1) is 18.1. The molecular formula is C18H16N5O13P3-4. The third-order valence-corrected chi connectivity index (χ3v) is 8.61. The summed E-state index contributed by atoms with van der Waals surface area (Å²) in [6.07, 6.45) is -5.36. The topological polar surface area (TPSA) is 290 Å². The second-order valence-electron chi connectivity index (χ2n) is 7.72. The Morgan fingerprint density at radius 3 is 2.36 bits per heavy atom. The Balaban J connectivity index is 1.51. The molecular weight excluding hydrogens is 587 g/mol. The van der Waals surface area contributed by atoms with E-state index in [9.17, 15) is 43.5 Å². The van der Waals surface area contributed by atoms with Crippen molar-refractivity contribution in [3.63, 3.8) is 0 Å². The lowest BCUT2D eigenvalue weighted by molar-refractivity contribution is -0.339. The first-order valence-electron chi connectivity index (χ1n) is 10.4. The van der Waals surface area contributed by atoms with Crippen LogP contribution in [0.4, 0.5) is 5.82 Å². The smallest absolute Gasteiger partial charge is 0.278 e. The molecule has 0 aliphatic carbocycles. The van der Waals surface area contributed by atoms with Gasteiger partial charge in [0, 0.05) is 5.56 Å². The van der Waals surface area contributed by atoms with Gasteiger partial charge in [0.15, 0.2) is 17.7 Å². The fourth-order valence-corrected chi connectivity index (χ4v) is 6.24. The summed E-state index contributed by atoms with van der Waals surface area (Å²) in [6, 6.07) is 8.89. The fraction of sp³-hybridized carbons (Fsp3) is 0.278. The first-order valence-corrected chi connectivity index (χ1v) is 14.8. The first kappa shape index (κ1) is 29.4. The van der Waals surface area contributed by atoms with Gasteiger partial charge in [0.1, 0.15) is 23.8 Å². The summed E-state index contributed by atoms with van der Waals surface area (Å²) in [5, 5.41) is 20.9. The summed E-state index contributed by atoms with van der Waals surface area (Å²) in [7, 11) is -18.2. The Labute approximate surface area is 218 Å². The molecule has 0 bridgehead atoms. The van der Waals surface area contributed by atoms with Crippen molar-refractivity contribution >= 4 is 40.4 Å². The van der Waals surface area contributed by atoms with Gasteiger partial charge in [-0.1, -0.05) is 24.1 Å². The van der Waals surface area contributed by atoms with Gasteiger partial charge in [-0.15, -0.1) is 0 Å². The number of imidazole rings is 1. The zero-order chi connectivity index (χ0) is 28.6. The molecule has 2 aromatic heterocycles. The highest BCUT2D eigenvalue weighted by Gasteiger charge is 2.45. The molecule has 1 aromatic carbocycles. The number of phosphoric ester groups is 1. The van der Waals surface area contributed by atoms with Gasteiger partial charge in [0.05, 0.1) is 20.8 Å². The summed E-state index contributed by atoms with van der Waals surface area (Å²) in [5.74, 6) is 5.52. The molecule has 3 aromatic rings. The molecule has 3 unspecified atom stereocenters. The number of ether oxygens (including phenoxy) is 1. The molecule has 0 amide bonds. The lowest BCUT2D eigenvalue weighted by Gasteiger charge is -2.37. The molecule has 21 heteroatoms. The molecule has 39 heavy (non-hydrogen) atoms. The highest BCUT2D eigenvalue weighted by atomic mass is 31.3. The number of aromatic nitrogens is 4. The minimum Gasteiger partial charge on any atom is -0.790 e. The van der Waals surface area contributed by atoms with E-state index in [0.29, 0.717) is 5.56 Å². The van der Waals surface area contributed by atoms with Gasteiger partial charge in [-0.3, -0.25) is 18.0 Å². The number of fused-ring (bicyclic) bond motifs is 1. The average Bonchev–Trinajstić information content (AvgIpc) is 3.36. The molecule has 4 rings (SSSR count). The standard InChI is InChI=1S/C18H20N5O13P3/c19-16-13-17(22-12(21-16)7-6-10-4-2-1-3-5-10)23(9-20-13)18-15(25)14(24)11(34-18)8-33-38(29,30)36-39(31,32)35-37(26,27)28/h1-5,9,11,14-15,18,24-25H,8H2,(H,29,30)(H,31,32)(H2,19,21,22)(H2,26,27,28)/p-4/t11-,14-,15-,18?/m1/s1. The lowest BCUT2D eigenvalue weighted by atomic mass is 10.1. The van der Waals surface area contributed by atoms with Crippen molar-refractivity contribution in [3.8, 4) is 11.8 Å². The van der Waals surface area contributed by atoms with E-state index in [0.717, 1.165) is 6.33 Å². The number of nitrogens with two attached hydrogens (primary N) is 1. The van der Waals surface area contributed by atoms with E-state index < -0.39 is 54.6 Å². The average molecular weight is 603 g/mol. The number of rotatable bonds is 8. The number of aliphatic hydroxyl groups is 2. The van der Waals surface area contributed by atoms with Crippen LogP contribution in [0.1, 0.15) is 17.6 Å². The molecule has 0 radical (unpaired) electrons. The highest BCUT2D eigenvalue weighted by Crippen LogP contribution is 2.60. The zero-order valence-corrected chi connectivity index (χ0v) is 21.8. The Kier molecular flexibility index (Phi) is 8.39. The van der Waals surface area contributed by atoms with Crippen molar-refractivity contribution < 1.29 is 61.4 Å². The Hall–Kier alpha value is -2.58. The van der Waals surface area contributed by atoms with Crippen molar-refractivity contribution in [3.05, 3.63) is 48.0 Å². The summed E-state index contributed by atoms with van der Waals surface area (Å²) >= 11 is 0. The number of benzene rings is 1. The molecule has 6 atom stereocenters. The van der Waals surface area contributed by atoms with Gasteiger partial charge in [0.2, 0.25) is 5.82 Å². The largest absolute Gasteiger partial charge is 0.790 e. The third-order valence-electron chi connectivity index (χ3n) is 4.95. The number of aliphatic hydroxyl groups excluding tert-OH is 2. The van der Waals surface area contributed by atoms with Crippen LogP contribution in [-0.4, -0.2) is 54.7 Å². The fourth-order valence-electron chi connectivity index (χ4n) is 3.37.